The van der Waals surface area contributed by atoms with E-state index in [1.807, 2.05) is 13.8 Å². The SMILES string of the molecule is CC1(C)CCCN1C(=O)c1cc(F)c(F)c(F)c1. The zero-order valence-electron chi connectivity index (χ0n) is 10.3. The number of benzene rings is 1. The quantitative estimate of drug-likeness (QED) is 0.708. The molecule has 5 heteroatoms. The molecule has 1 saturated heterocycles. The third-order valence-corrected chi connectivity index (χ3v) is 3.38. The van der Waals surface area contributed by atoms with Gasteiger partial charge in [-0.05, 0) is 38.8 Å². The monoisotopic (exact) mass is 257 g/mol. The molecule has 18 heavy (non-hydrogen) atoms. The molecule has 1 aliphatic heterocycles. The molecule has 1 aliphatic rings. The Bertz CT molecular complexity index is 476. The van der Waals surface area contributed by atoms with Crippen LogP contribution in [0.1, 0.15) is 37.0 Å². The maximum atomic E-state index is 13.1. The Kier molecular flexibility index (Phi) is 3.09. The van der Waals surface area contributed by atoms with E-state index in [2.05, 4.69) is 0 Å². The van der Waals surface area contributed by atoms with Crippen LogP contribution < -0.4 is 0 Å². The number of halogens is 3. The van der Waals surface area contributed by atoms with E-state index in [9.17, 15) is 18.0 Å². The fraction of sp³-hybridized carbons (Fsp3) is 0.462. The summed E-state index contributed by atoms with van der Waals surface area (Å²) in [5.41, 5.74) is -0.486. The first-order valence-electron chi connectivity index (χ1n) is 5.79. The number of rotatable bonds is 1. The van der Waals surface area contributed by atoms with Crippen molar-refractivity contribution in [3.63, 3.8) is 0 Å². The van der Waals surface area contributed by atoms with Crippen molar-refractivity contribution in [1.29, 1.82) is 0 Å². The highest BCUT2D eigenvalue weighted by Crippen LogP contribution is 2.30. The number of carbonyl (C=O) groups excluding carboxylic acids is 1. The highest BCUT2D eigenvalue weighted by Gasteiger charge is 2.36. The molecule has 1 amide bonds. The van der Waals surface area contributed by atoms with Gasteiger partial charge < -0.3 is 4.90 Å². The van der Waals surface area contributed by atoms with Crippen LogP contribution in [0.3, 0.4) is 0 Å². The fourth-order valence-corrected chi connectivity index (χ4v) is 2.32. The average Bonchev–Trinajstić information content (AvgIpc) is 2.64. The molecule has 2 rings (SSSR count). The van der Waals surface area contributed by atoms with Crippen molar-refractivity contribution in [3.8, 4) is 0 Å². The molecule has 0 aromatic heterocycles. The van der Waals surface area contributed by atoms with Gasteiger partial charge in [0.05, 0.1) is 0 Å². The molecular weight excluding hydrogens is 243 g/mol. The number of carbonyl (C=O) groups is 1. The van der Waals surface area contributed by atoms with Crippen molar-refractivity contribution in [2.75, 3.05) is 6.54 Å². The van der Waals surface area contributed by atoms with E-state index in [0.717, 1.165) is 25.0 Å². The van der Waals surface area contributed by atoms with Crippen molar-refractivity contribution in [3.05, 3.63) is 35.1 Å². The first-order chi connectivity index (χ1) is 8.33. The molecule has 0 spiro atoms. The van der Waals surface area contributed by atoms with Crippen LogP contribution in [0.25, 0.3) is 0 Å². The van der Waals surface area contributed by atoms with Gasteiger partial charge >= 0.3 is 0 Å². The number of likely N-dealkylation sites (tertiary alicyclic amines) is 1. The van der Waals surface area contributed by atoms with E-state index in [1.54, 1.807) is 4.90 Å². The predicted octanol–water partition coefficient (Wildman–Crippen LogP) is 3.12. The molecule has 0 radical (unpaired) electrons. The minimum absolute atomic E-state index is 0.152. The van der Waals surface area contributed by atoms with E-state index in [-0.39, 0.29) is 11.1 Å². The maximum Gasteiger partial charge on any atom is 0.254 e. The van der Waals surface area contributed by atoms with Crippen LogP contribution in [0.5, 0.6) is 0 Å². The lowest BCUT2D eigenvalue weighted by Crippen LogP contribution is -2.42. The largest absolute Gasteiger partial charge is 0.334 e. The minimum atomic E-state index is -1.55. The van der Waals surface area contributed by atoms with Gasteiger partial charge in [0.2, 0.25) is 0 Å². The summed E-state index contributed by atoms with van der Waals surface area (Å²) in [5, 5.41) is 0. The Hall–Kier alpha value is -1.52. The summed E-state index contributed by atoms with van der Waals surface area (Å²) in [5.74, 6) is -4.69. The molecule has 1 aromatic carbocycles. The van der Waals surface area contributed by atoms with E-state index in [4.69, 9.17) is 0 Å². The van der Waals surface area contributed by atoms with Crippen LogP contribution in [0, 0.1) is 17.5 Å². The van der Waals surface area contributed by atoms with E-state index in [1.165, 1.54) is 0 Å². The van der Waals surface area contributed by atoms with E-state index < -0.39 is 23.4 Å². The number of hydrogen-bond donors (Lipinski definition) is 0. The first-order valence-corrected chi connectivity index (χ1v) is 5.79. The van der Waals surface area contributed by atoms with Gasteiger partial charge in [-0.1, -0.05) is 0 Å². The number of nitrogens with zero attached hydrogens (tertiary/aromatic N) is 1. The fourth-order valence-electron chi connectivity index (χ4n) is 2.32. The summed E-state index contributed by atoms with van der Waals surface area (Å²) in [6.07, 6.45) is 1.69. The Morgan fingerprint density at radius 3 is 2.22 bits per heavy atom. The Morgan fingerprint density at radius 1 is 1.22 bits per heavy atom. The second-order valence-corrected chi connectivity index (χ2v) is 5.13. The molecule has 2 nitrogen and oxygen atoms in total. The topological polar surface area (TPSA) is 20.3 Å². The normalized spacial score (nSPS) is 18.2. The summed E-state index contributed by atoms with van der Waals surface area (Å²) in [6, 6.07) is 1.49. The highest BCUT2D eigenvalue weighted by atomic mass is 19.2. The number of amides is 1. The summed E-state index contributed by atoms with van der Waals surface area (Å²) in [7, 11) is 0. The van der Waals surface area contributed by atoms with Crippen LogP contribution >= 0.6 is 0 Å². The standard InChI is InChI=1S/C13H14F3NO/c1-13(2)4-3-5-17(13)12(18)8-6-9(14)11(16)10(15)7-8/h6-7H,3-5H2,1-2H3. The second kappa shape index (κ2) is 4.30. The van der Waals surface area contributed by atoms with Crippen molar-refractivity contribution < 1.29 is 18.0 Å². The van der Waals surface area contributed by atoms with Gasteiger partial charge in [-0.3, -0.25) is 4.79 Å². The van der Waals surface area contributed by atoms with Gasteiger partial charge in [0.15, 0.2) is 17.5 Å². The Labute approximate surface area is 103 Å². The van der Waals surface area contributed by atoms with Gasteiger partial charge in [0, 0.05) is 17.6 Å². The van der Waals surface area contributed by atoms with Crippen LogP contribution in [0.4, 0.5) is 13.2 Å². The van der Waals surface area contributed by atoms with Crippen LogP contribution in [0.15, 0.2) is 12.1 Å². The molecule has 1 fully saturated rings. The van der Waals surface area contributed by atoms with Gasteiger partial charge in [-0.25, -0.2) is 13.2 Å². The zero-order valence-corrected chi connectivity index (χ0v) is 10.3. The molecule has 0 saturated carbocycles. The minimum Gasteiger partial charge on any atom is -0.334 e. The zero-order chi connectivity index (χ0) is 13.5. The third kappa shape index (κ3) is 2.09. The van der Waals surface area contributed by atoms with Gasteiger partial charge in [0.25, 0.3) is 5.91 Å². The van der Waals surface area contributed by atoms with Crippen LogP contribution in [0.2, 0.25) is 0 Å². The Balaban J connectivity index is 2.35. The van der Waals surface area contributed by atoms with Crippen molar-refractivity contribution in [2.45, 2.75) is 32.2 Å². The number of hydrogen-bond acceptors (Lipinski definition) is 1. The molecule has 0 unspecified atom stereocenters. The van der Waals surface area contributed by atoms with Crippen molar-refractivity contribution >= 4 is 5.91 Å². The summed E-state index contributed by atoms with van der Waals surface area (Å²) < 4.78 is 39.0. The highest BCUT2D eigenvalue weighted by molar-refractivity contribution is 5.95. The molecule has 0 atom stereocenters. The second-order valence-electron chi connectivity index (χ2n) is 5.13. The molecule has 1 heterocycles. The third-order valence-electron chi connectivity index (χ3n) is 3.38. The van der Waals surface area contributed by atoms with Crippen molar-refractivity contribution in [2.24, 2.45) is 0 Å². The molecule has 0 N–H and O–H groups in total. The molecular formula is C13H14F3NO. The lowest BCUT2D eigenvalue weighted by molar-refractivity contribution is 0.0650. The van der Waals surface area contributed by atoms with Crippen molar-refractivity contribution in [1.82, 2.24) is 4.90 Å². The first kappa shape index (κ1) is 12.9. The molecule has 1 aromatic rings. The lowest BCUT2D eigenvalue weighted by Gasteiger charge is -2.31. The Morgan fingerprint density at radius 2 is 1.78 bits per heavy atom. The molecule has 0 bridgehead atoms. The maximum absolute atomic E-state index is 13.1. The van der Waals surface area contributed by atoms with Crippen LogP contribution in [-0.4, -0.2) is 22.9 Å². The van der Waals surface area contributed by atoms with Crippen LogP contribution in [-0.2, 0) is 0 Å². The van der Waals surface area contributed by atoms with Gasteiger partial charge in [-0.2, -0.15) is 0 Å². The summed E-state index contributed by atoms with van der Waals surface area (Å²) >= 11 is 0. The smallest absolute Gasteiger partial charge is 0.254 e. The van der Waals surface area contributed by atoms with E-state index in [0.29, 0.717) is 6.54 Å². The molecule has 98 valence electrons. The summed E-state index contributed by atoms with van der Waals surface area (Å²) in [6.45, 7) is 4.34. The van der Waals surface area contributed by atoms with Gasteiger partial charge in [0.1, 0.15) is 0 Å². The van der Waals surface area contributed by atoms with E-state index >= 15 is 0 Å². The van der Waals surface area contributed by atoms with Gasteiger partial charge in [-0.15, -0.1) is 0 Å². The average molecular weight is 257 g/mol. The summed E-state index contributed by atoms with van der Waals surface area (Å²) in [4.78, 5) is 13.7. The lowest BCUT2D eigenvalue weighted by atomic mass is 10.0. The predicted molar refractivity (Wildman–Crippen MR) is 60.7 cm³/mol. The molecule has 0 aliphatic carbocycles.